The predicted molar refractivity (Wildman–Crippen MR) is 89.3 cm³/mol. The molecule has 5 nitrogen and oxygen atoms in total. The Morgan fingerprint density at radius 1 is 0.893 bits per heavy atom. The monoisotopic (exact) mass is 456 g/mol. The summed E-state index contributed by atoms with van der Waals surface area (Å²) < 4.78 is 130. The maximum absolute atomic E-state index is 14.0. The second-order valence-corrected chi connectivity index (χ2v) is 9.17. The molecule has 0 bridgehead atoms. The molecule has 13 heteroatoms. The molecule has 0 N–H and O–H groups in total. The van der Waals surface area contributed by atoms with Gasteiger partial charge in [-0.05, 0) is 23.0 Å². The molecule has 1 rings (SSSR count). The third kappa shape index (κ3) is 3.95. The largest absolute Gasteiger partial charge is 0.450 e. The fraction of sp³-hybridized carbons (Fsp3) is 0.600. The summed E-state index contributed by atoms with van der Waals surface area (Å²) in [5.41, 5.74) is 0.103. The molecule has 0 aromatic heterocycles. The minimum Gasteiger partial charge on any atom is -0.377 e. The van der Waals surface area contributed by atoms with Gasteiger partial charge >= 0.3 is 26.5 Å². The summed E-state index contributed by atoms with van der Waals surface area (Å²) in [4.78, 5) is 0. The molecule has 0 atom stereocenters. The number of benzene rings is 1. The summed E-state index contributed by atoms with van der Waals surface area (Å²) in [7, 11) is -12.1. The van der Waals surface area contributed by atoms with Crippen LogP contribution in [0.15, 0.2) is 18.2 Å². The van der Waals surface area contributed by atoms with Crippen molar-refractivity contribution in [3.8, 4) is 5.75 Å². The van der Waals surface area contributed by atoms with E-state index in [1.165, 1.54) is 45.9 Å². The van der Waals surface area contributed by atoms with E-state index >= 15 is 0 Å². The zero-order valence-corrected chi connectivity index (χ0v) is 16.8. The van der Waals surface area contributed by atoms with Crippen molar-refractivity contribution in [2.75, 3.05) is 0 Å². The molecule has 0 amide bonds. The maximum Gasteiger partial charge on any atom is 0.450 e. The minimum atomic E-state index is -6.78. The van der Waals surface area contributed by atoms with E-state index in [9.17, 15) is 43.2 Å². The second kappa shape index (κ2) is 7.73. The Kier molecular flexibility index (Phi) is 6.77. The zero-order valence-electron chi connectivity index (χ0n) is 15.1. The standard InChI is InChI=1S/C15H18F6O5S2/c1-8(2)10-6-5-7-11(9(3)4)12(10)26-28(24,25)15(20,21)13(16,17)14(18,19)27(22)23/h5-9,27H,1-4H3. The van der Waals surface area contributed by atoms with Crippen molar-refractivity contribution in [1.29, 1.82) is 0 Å². The van der Waals surface area contributed by atoms with Gasteiger partial charge in [0, 0.05) is 0 Å². The van der Waals surface area contributed by atoms with Crippen LogP contribution in [0.3, 0.4) is 0 Å². The summed E-state index contributed by atoms with van der Waals surface area (Å²) >= 11 is 0. The molecule has 0 radical (unpaired) electrons. The normalized spacial score (nSPS) is 14.2. The summed E-state index contributed by atoms with van der Waals surface area (Å²) in [6, 6.07) is 4.04. The number of halogens is 6. The van der Waals surface area contributed by atoms with Crippen molar-refractivity contribution in [2.45, 2.75) is 56.0 Å². The van der Waals surface area contributed by atoms with E-state index in [0.29, 0.717) is 0 Å². The Bertz CT molecular complexity index is 873. The smallest absolute Gasteiger partial charge is 0.377 e. The van der Waals surface area contributed by atoms with Gasteiger partial charge < -0.3 is 4.18 Å². The fourth-order valence-corrected chi connectivity index (χ4v) is 3.59. The number of hydrogen-bond acceptors (Lipinski definition) is 5. The van der Waals surface area contributed by atoms with Crippen molar-refractivity contribution in [1.82, 2.24) is 0 Å². The van der Waals surface area contributed by atoms with Crippen LogP contribution >= 0.6 is 0 Å². The molecule has 0 saturated heterocycles. The van der Waals surface area contributed by atoms with Crippen LogP contribution in [0, 0.1) is 0 Å². The van der Waals surface area contributed by atoms with Gasteiger partial charge in [-0.15, -0.1) is 0 Å². The number of rotatable bonds is 8. The first kappa shape index (κ1) is 24.5. The Balaban J connectivity index is 3.63. The highest BCUT2D eigenvalue weighted by atomic mass is 32.2. The average molecular weight is 456 g/mol. The zero-order chi connectivity index (χ0) is 22.3. The van der Waals surface area contributed by atoms with Crippen LogP contribution in [0.1, 0.15) is 50.7 Å². The molecule has 28 heavy (non-hydrogen) atoms. The molecule has 0 heterocycles. The van der Waals surface area contributed by atoms with E-state index in [1.807, 2.05) is 0 Å². The first-order valence-electron chi connectivity index (χ1n) is 7.76. The molecule has 0 aliphatic carbocycles. The van der Waals surface area contributed by atoms with Crippen molar-refractivity contribution in [3.63, 3.8) is 0 Å². The third-order valence-electron chi connectivity index (χ3n) is 3.80. The number of thiol groups is 1. The predicted octanol–water partition coefficient (Wildman–Crippen LogP) is 4.07. The molecule has 1 aromatic carbocycles. The van der Waals surface area contributed by atoms with Crippen LogP contribution in [-0.2, 0) is 20.8 Å². The van der Waals surface area contributed by atoms with Gasteiger partial charge in [0.25, 0.3) is 0 Å². The summed E-state index contributed by atoms with van der Waals surface area (Å²) in [6.07, 6.45) is 0. The Morgan fingerprint density at radius 2 is 1.29 bits per heavy atom. The molecule has 162 valence electrons. The van der Waals surface area contributed by atoms with Crippen LogP contribution < -0.4 is 4.18 Å². The summed E-state index contributed by atoms with van der Waals surface area (Å²) in [5, 5.41) is -12.9. The lowest BCUT2D eigenvalue weighted by Crippen LogP contribution is -2.59. The Morgan fingerprint density at radius 3 is 1.61 bits per heavy atom. The van der Waals surface area contributed by atoms with Crippen molar-refractivity contribution < 1.29 is 47.4 Å². The van der Waals surface area contributed by atoms with Gasteiger partial charge in [-0.1, -0.05) is 45.9 Å². The highest BCUT2D eigenvalue weighted by Crippen LogP contribution is 2.50. The van der Waals surface area contributed by atoms with Crippen LogP contribution in [0.5, 0.6) is 5.75 Å². The highest BCUT2D eigenvalue weighted by molar-refractivity contribution is 7.88. The molecule has 0 aliphatic heterocycles. The lowest BCUT2D eigenvalue weighted by molar-refractivity contribution is -0.244. The average Bonchev–Trinajstić information content (AvgIpc) is 2.53. The van der Waals surface area contributed by atoms with E-state index in [2.05, 4.69) is 4.18 Å². The second-order valence-electron chi connectivity index (χ2n) is 6.50. The molecular formula is C15H18F6O5S2. The minimum absolute atomic E-state index is 0.0514. The van der Waals surface area contributed by atoms with Crippen molar-refractivity contribution >= 4 is 20.8 Å². The van der Waals surface area contributed by atoms with Crippen LogP contribution in [0.25, 0.3) is 0 Å². The van der Waals surface area contributed by atoms with Gasteiger partial charge in [-0.2, -0.15) is 34.8 Å². The maximum atomic E-state index is 14.0. The topological polar surface area (TPSA) is 77.5 Å². The molecule has 0 fully saturated rings. The Labute approximate surface area is 159 Å². The fourth-order valence-electron chi connectivity index (χ4n) is 2.19. The van der Waals surface area contributed by atoms with Crippen LogP contribution in [-0.4, -0.2) is 33.3 Å². The van der Waals surface area contributed by atoms with Crippen molar-refractivity contribution in [3.05, 3.63) is 29.3 Å². The van der Waals surface area contributed by atoms with E-state index in [0.717, 1.165) is 0 Å². The van der Waals surface area contributed by atoms with Crippen molar-refractivity contribution in [2.24, 2.45) is 0 Å². The lowest BCUT2D eigenvalue weighted by atomic mass is 9.94. The number of alkyl halides is 6. The van der Waals surface area contributed by atoms with Gasteiger partial charge in [0.15, 0.2) is 0 Å². The van der Waals surface area contributed by atoms with Gasteiger partial charge in [0.2, 0.25) is 10.7 Å². The molecule has 0 saturated carbocycles. The summed E-state index contributed by atoms with van der Waals surface area (Å²) in [6.45, 7) is 6.12. The third-order valence-corrected chi connectivity index (χ3v) is 5.81. The lowest BCUT2D eigenvalue weighted by Gasteiger charge is -2.29. The van der Waals surface area contributed by atoms with E-state index in [-0.39, 0.29) is 11.1 Å². The first-order chi connectivity index (χ1) is 12.4. The number of para-hydroxylation sites is 1. The SMILES string of the molecule is CC(C)c1cccc(C(C)C)c1OS(=O)(=O)C(F)(F)C(F)(F)C(F)(F)[SH](=O)=O. The van der Waals surface area contributed by atoms with Gasteiger partial charge in [0.05, 0.1) is 0 Å². The molecule has 1 aromatic rings. The number of hydrogen-bond donors (Lipinski definition) is 1. The quantitative estimate of drug-likeness (QED) is 0.363. The molecular weight excluding hydrogens is 438 g/mol. The van der Waals surface area contributed by atoms with Crippen LogP contribution in [0.2, 0.25) is 0 Å². The first-order valence-corrected chi connectivity index (χ1v) is 10.3. The van der Waals surface area contributed by atoms with Gasteiger partial charge in [-0.25, -0.2) is 8.42 Å². The van der Waals surface area contributed by atoms with E-state index in [4.69, 9.17) is 0 Å². The molecule has 0 aliphatic rings. The van der Waals surface area contributed by atoms with E-state index < -0.39 is 54.8 Å². The molecule has 0 spiro atoms. The van der Waals surface area contributed by atoms with E-state index in [1.54, 1.807) is 0 Å². The summed E-state index contributed by atoms with van der Waals surface area (Å²) in [5.74, 6) is -8.48. The van der Waals surface area contributed by atoms with Gasteiger partial charge in [0.1, 0.15) is 5.75 Å². The highest BCUT2D eigenvalue weighted by Gasteiger charge is 2.80. The Hall–Kier alpha value is -1.50. The molecule has 0 unspecified atom stereocenters. The van der Waals surface area contributed by atoms with Gasteiger partial charge in [-0.3, -0.25) is 0 Å². The van der Waals surface area contributed by atoms with Crippen LogP contribution in [0.4, 0.5) is 26.3 Å².